The van der Waals surface area contributed by atoms with Gasteiger partial charge in [-0.1, -0.05) is 0 Å². The smallest absolute Gasteiger partial charge is 0.353 e. The number of piperazine rings is 1. The highest BCUT2D eigenvalue weighted by molar-refractivity contribution is 6.39. The van der Waals surface area contributed by atoms with Crippen LogP contribution >= 0.6 is 0 Å². The minimum Gasteiger partial charge on any atom is -0.353 e. The van der Waals surface area contributed by atoms with Crippen LogP contribution in [0.1, 0.15) is 18.4 Å². The number of amides is 2. The Morgan fingerprint density at radius 2 is 1.84 bits per heavy atom. The number of carbonyl (C=O) groups excluding carboxylic acids is 2. The normalized spacial score (nSPS) is 18.7. The van der Waals surface area contributed by atoms with Crippen molar-refractivity contribution >= 4 is 23.3 Å². The number of pyridine rings is 1. The van der Waals surface area contributed by atoms with Crippen LogP contribution in [-0.4, -0.2) is 53.6 Å². The van der Waals surface area contributed by atoms with Gasteiger partial charge in [0.15, 0.2) is 0 Å². The number of aromatic nitrogens is 1. The Morgan fingerprint density at radius 1 is 1.12 bits per heavy atom. The lowest BCUT2D eigenvalue weighted by molar-refractivity contribution is -0.137. The zero-order valence-electron chi connectivity index (χ0n) is 13.2. The molecule has 2 aliphatic rings. The highest BCUT2D eigenvalue weighted by atomic mass is 19.4. The first-order chi connectivity index (χ1) is 11.8. The van der Waals surface area contributed by atoms with E-state index in [1.807, 2.05) is 4.90 Å². The van der Waals surface area contributed by atoms with Gasteiger partial charge in [0.2, 0.25) is 5.91 Å². The topological polar surface area (TPSA) is 77.9 Å². The highest BCUT2D eigenvalue weighted by Gasteiger charge is 2.31. The molecule has 134 valence electrons. The van der Waals surface area contributed by atoms with Crippen molar-refractivity contribution in [2.45, 2.75) is 19.0 Å². The van der Waals surface area contributed by atoms with Crippen molar-refractivity contribution in [3.63, 3.8) is 0 Å². The second-order valence-electron chi connectivity index (χ2n) is 5.78. The van der Waals surface area contributed by atoms with Gasteiger partial charge in [0.25, 0.3) is 5.91 Å². The van der Waals surface area contributed by atoms with Gasteiger partial charge in [-0.25, -0.2) is 10.4 Å². The molecule has 1 fully saturated rings. The summed E-state index contributed by atoms with van der Waals surface area (Å²) >= 11 is 0. The molecule has 0 saturated carbocycles. The van der Waals surface area contributed by atoms with Crippen LogP contribution in [0.15, 0.2) is 23.4 Å². The molecule has 0 atom stereocenters. The number of hydrazone groups is 1. The molecular weight excluding hydrogens is 339 g/mol. The SMILES string of the molecule is O=C1CCC(C(=O)N2CCN(c3ccc(C(F)(F)F)cn3)CC2)=NN1. The van der Waals surface area contributed by atoms with E-state index in [1.54, 1.807) is 4.90 Å². The van der Waals surface area contributed by atoms with Crippen LogP contribution < -0.4 is 10.3 Å². The van der Waals surface area contributed by atoms with E-state index in [0.29, 0.717) is 44.1 Å². The Balaban J connectivity index is 1.58. The summed E-state index contributed by atoms with van der Waals surface area (Å²) in [5.41, 5.74) is 1.82. The fourth-order valence-electron chi connectivity index (χ4n) is 2.69. The van der Waals surface area contributed by atoms with Gasteiger partial charge < -0.3 is 9.80 Å². The standard InChI is InChI=1S/C15H16F3N5O2/c16-15(17,18)10-1-3-12(19-9-10)22-5-7-23(8-6-22)14(25)11-2-4-13(24)21-20-11/h1,3,9H,2,4-8H2,(H,21,24). The maximum absolute atomic E-state index is 12.6. The average Bonchev–Trinajstić information content (AvgIpc) is 2.61. The third-order valence-corrected chi connectivity index (χ3v) is 4.12. The molecular formula is C15H16F3N5O2. The van der Waals surface area contributed by atoms with Crippen LogP contribution in [0.3, 0.4) is 0 Å². The molecule has 10 heteroatoms. The van der Waals surface area contributed by atoms with Crippen molar-refractivity contribution in [3.8, 4) is 0 Å². The summed E-state index contributed by atoms with van der Waals surface area (Å²) < 4.78 is 37.7. The molecule has 0 unspecified atom stereocenters. The fraction of sp³-hybridized carbons (Fsp3) is 0.467. The quantitative estimate of drug-likeness (QED) is 0.859. The summed E-state index contributed by atoms with van der Waals surface area (Å²) in [7, 11) is 0. The summed E-state index contributed by atoms with van der Waals surface area (Å²) in [5, 5.41) is 3.79. The molecule has 0 aromatic carbocycles. The van der Waals surface area contributed by atoms with Crippen molar-refractivity contribution in [1.29, 1.82) is 0 Å². The first kappa shape index (κ1) is 17.2. The van der Waals surface area contributed by atoms with Gasteiger partial charge in [0.1, 0.15) is 11.5 Å². The Kier molecular flexibility index (Phi) is 4.60. The largest absolute Gasteiger partial charge is 0.417 e. The number of rotatable bonds is 2. The number of alkyl halides is 3. The average molecular weight is 355 g/mol. The summed E-state index contributed by atoms with van der Waals surface area (Å²) in [5.74, 6) is 0.0112. The molecule has 0 spiro atoms. The van der Waals surface area contributed by atoms with Crippen LogP contribution in [0.2, 0.25) is 0 Å². The van der Waals surface area contributed by atoms with Gasteiger partial charge >= 0.3 is 6.18 Å². The molecule has 1 saturated heterocycles. The van der Waals surface area contributed by atoms with E-state index in [1.165, 1.54) is 6.07 Å². The lowest BCUT2D eigenvalue weighted by Gasteiger charge is -2.35. The van der Waals surface area contributed by atoms with Crippen LogP contribution in [0.25, 0.3) is 0 Å². The van der Waals surface area contributed by atoms with E-state index in [2.05, 4.69) is 15.5 Å². The predicted octanol–water partition coefficient (Wildman–Crippen LogP) is 1.01. The monoisotopic (exact) mass is 355 g/mol. The van der Waals surface area contributed by atoms with E-state index < -0.39 is 11.7 Å². The van der Waals surface area contributed by atoms with Crippen LogP contribution in [0.5, 0.6) is 0 Å². The highest BCUT2D eigenvalue weighted by Crippen LogP contribution is 2.29. The van der Waals surface area contributed by atoms with Crippen LogP contribution in [-0.2, 0) is 15.8 Å². The van der Waals surface area contributed by atoms with Gasteiger partial charge in [0.05, 0.1) is 5.56 Å². The Bertz CT molecular complexity index is 694. The molecule has 1 aromatic rings. The number of nitrogens with zero attached hydrogens (tertiary/aromatic N) is 4. The molecule has 1 aromatic heterocycles. The number of hydrogen-bond acceptors (Lipinski definition) is 5. The number of nitrogens with one attached hydrogen (secondary N) is 1. The second kappa shape index (κ2) is 6.69. The maximum Gasteiger partial charge on any atom is 0.417 e. The van der Waals surface area contributed by atoms with E-state index >= 15 is 0 Å². The van der Waals surface area contributed by atoms with Crippen molar-refractivity contribution < 1.29 is 22.8 Å². The third-order valence-electron chi connectivity index (χ3n) is 4.12. The molecule has 2 aliphatic heterocycles. The van der Waals surface area contributed by atoms with Gasteiger partial charge in [-0.15, -0.1) is 0 Å². The first-order valence-corrected chi connectivity index (χ1v) is 7.77. The van der Waals surface area contributed by atoms with E-state index in [9.17, 15) is 22.8 Å². The Morgan fingerprint density at radius 3 is 2.36 bits per heavy atom. The molecule has 0 bridgehead atoms. The lowest BCUT2D eigenvalue weighted by atomic mass is 10.1. The molecule has 0 aliphatic carbocycles. The number of anilines is 1. The lowest BCUT2D eigenvalue weighted by Crippen LogP contribution is -2.51. The van der Waals surface area contributed by atoms with Crippen molar-refractivity contribution in [2.24, 2.45) is 5.10 Å². The number of carbonyl (C=O) groups is 2. The van der Waals surface area contributed by atoms with E-state index in [4.69, 9.17) is 0 Å². The number of halogens is 3. The van der Waals surface area contributed by atoms with Gasteiger partial charge in [-0.3, -0.25) is 9.59 Å². The van der Waals surface area contributed by atoms with Crippen molar-refractivity contribution in [1.82, 2.24) is 15.3 Å². The summed E-state index contributed by atoms with van der Waals surface area (Å²) in [6.07, 6.45) is -3.05. The summed E-state index contributed by atoms with van der Waals surface area (Å²) in [4.78, 5) is 30.7. The number of hydrogen-bond donors (Lipinski definition) is 1. The van der Waals surface area contributed by atoms with Gasteiger partial charge in [0, 0.05) is 45.2 Å². The van der Waals surface area contributed by atoms with Crippen molar-refractivity contribution in [2.75, 3.05) is 31.1 Å². The molecule has 0 radical (unpaired) electrons. The molecule has 3 rings (SSSR count). The Labute approximate surface area is 141 Å². The van der Waals surface area contributed by atoms with E-state index in [0.717, 1.165) is 12.3 Å². The zero-order valence-corrected chi connectivity index (χ0v) is 13.2. The van der Waals surface area contributed by atoms with Crippen molar-refractivity contribution in [3.05, 3.63) is 23.9 Å². The molecule has 1 N–H and O–H groups in total. The fourth-order valence-corrected chi connectivity index (χ4v) is 2.69. The first-order valence-electron chi connectivity index (χ1n) is 7.77. The minimum atomic E-state index is -4.41. The summed E-state index contributed by atoms with van der Waals surface area (Å²) in [6.45, 7) is 1.75. The Hall–Kier alpha value is -2.65. The van der Waals surface area contributed by atoms with Gasteiger partial charge in [-0.2, -0.15) is 18.3 Å². The maximum atomic E-state index is 12.6. The molecule has 3 heterocycles. The second-order valence-corrected chi connectivity index (χ2v) is 5.78. The molecule has 7 nitrogen and oxygen atoms in total. The predicted molar refractivity (Wildman–Crippen MR) is 82.8 cm³/mol. The third kappa shape index (κ3) is 3.89. The van der Waals surface area contributed by atoms with E-state index in [-0.39, 0.29) is 18.2 Å². The van der Waals surface area contributed by atoms with Gasteiger partial charge in [-0.05, 0) is 12.1 Å². The molecule has 2 amide bonds. The minimum absolute atomic E-state index is 0.213. The molecule has 25 heavy (non-hydrogen) atoms. The summed E-state index contributed by atoms with van der Waals surface area (Å²) in [6, 6.07) is 2.33. The van der Waals surface area contributed by atoms with Crippen LogP contribution in [0, 0.1) is 0 Å². The van der Waals surface area contributed by atoms with Crippen LogP contribution in [0.4, 0.5) is 19.0 Å². The zero-order chi connectivity index (χ0) is 18.0.